The van der Waals surface area contributed by atoms with Gasteiger partial charge in [-0.15, -0.1) is 0 Å². The Hall–Kier alpha value is -0.640. The molecule has 102 valence electrons. The molecule has 0 aromatic heterocycles. The van der Waals surface area contributed by atoms with Crippen LogP contribution in [0.5, 0.6) is 0 Å². The molecule has 3 N–H and O–H groups in total. The van der Waals surface area contributed by atoms with Crippen LogP contribution in [0.15, 0.2) is 12.1 Å². The van der Waals surface area contributed by atoms with E-state index >= 15 is 0 Å². The van der Waals surface area contributed by atoms with E-state index in [4.69, 9.17) is 17.3 Å². The molecule has 1 aromatic rings. The molecule has 1 atom stereocenters. The van der Waals surface area contributed by atoms with Gasteiger partial charge in [0.25, 0.3) is 0 Å². The zero-order chi connectivity index (χ0) is 13.9. The second-order valence-corrected chi connectivity index (χ2v) is 6.00. The average Bonchev–Trinajstić information content (AvgIpc) is 2.28. The molecule has 0 unspecified atom stereocenters. The Balaban J connectivity index is 2.98. The van der Waals surface area contributed by atoms with Gasteiger partial charge >= 0.3 is 0 Å². The molecular weight excluding hydrogens is 253 g/mol. The lowest BCUT2D eigenvalue weighted by Gasteiger charge is -2.22. The van der Waals surface area contributed by atoms with Gasteiger partial charge in [0.2, 0.25) is 0 Å². The maximum Gasteiger partial charge on any atom is 0.142 e. The van der Waals surface area contributed by atoms with E-state index in [0.29, 0.717) is 12.8 Å². The van der Waals surface area contributed by atoms with Crippen LogP contribution in [-0.2, 0) is 11.8 Å². The molecule has 1 aromatic carbocycles. The van der Waals surface area contributed by atoms with Crippen molar-refractivity contribution in [3.8, 4) is 0 Å². The molecule has 0 radical (unpaired) electrons. The number of aryl methyl sites for hydroxylation is 1. The zero-order valence-electron chi connectivity index (χ0n) is 11.1. The molecule has 0 saturated carbocycles. The number of benzene rings is 1. The van der Waals surface area contributed by atoms with Crippen LogP contribution in [-0.4, -0.2) is 17.8 Å². The second kappa shape index (κ2) is 6.00. The number of aliphatic hydroxyl groups excluding tert-OH is 1. The zero-order valence-corrected chi connectivity index (χ0v) is 11.9. The van der Waals surface area contributed by atoms with Crippen molar-refractivity contribution in [2.75, 3.05) is 6.54 Å². The third-order valence-corrected chi connectivity index (χ3v) is 3.32. The molecule has 0 saturated heterocycles. The number of aliphatic hydroxyl groups is 1. The summed E-state index contributed by atoms with van der Waals surface area (Å²) < 4.78 is 13.8. The highest BCUT2D eigenvalue weighted by atomic mass is 35.5. The van der Waals surface area contributed by atoms with Crippen molar-refractivity contribution in [2.45, 2.75) is 45.1 Å². The molecule has 0 spiro atoms. The van der Waals surface area contributed by atoms with Crippen LogP contribution in [0.25, 0.3) is 0 Å². The van der Waals surface area contributed by atoms with Gasteiger partial charge in [0.05, 0.1) is 11.1 Å². The molecule has 0 aliphatic heterocycles. The second-order valence-electron chi connectivity index (χ2n) is 5.62. The van der Waals surface area contributed by atoms with Crippen LogP contribution in [0.1, 0.15) is 38.3 Å². The van der Waals surface area contributed by atoms with Gasteiger partial charge in [-0.2, -0.15) is 0 Å². The van der Waals surface area contributed by atoms with Gasteiger partial charge in [0.15, 0.2) is 0 Å². The summed E-state index contributed by atoms with van der Waals surface area (Å²) in [6.45, 7) is 6.20. The Labute approximate surface area is 113 Å². The Morgan fingerprint density at radius 2 is 2.00 bits per heavy atom. The lowest BCUT2D eigenvalue weighted by Crippen LogP contribution is -2.20. The minimum Gasteiger partial charge on any atom is -0.392 e. The van der Waals surface area contributed by atoms with E-state index in [1.54, 1.807) is 0 Å². The highest BCUT2D eigenvalue weighted by Crippen LogP contribution is 2.32. The summed E-state index contributed by atoms with van der Waals surface area (Å²) in [7, 11) is 0. The highest BCUT2D eigenvalue weighted by molar-refractivity contribution is 6.31. The third kappa shape index (κ3) is 3.94. The van der Waals surface area contributed by atoms with E-state index in [9.17, 15) is 9.50 Å². The number of rotatable bonds is 4. The lowest BCUT2D eigenvalue weighted by molar-refractivity contribution is 0.173. The number of hydrogen-bond donors (Lipinski definition) is 2. The van der Waals surface area contributed by atoms with Gasteiger partial charge in [-0.1, -0.05) is 38.4 Å². The number of nitrogens with two attached hydrogens (primary N) is 1. The van der Waals surface area contributed by atoms with Crippen molar-refractivity contribution in [1.82, 2.24) is 0 Å². The Morgan fingerprint density at radius 1 is 1.39 bits per heavy atom. The maximum absolute atomic E-state index is 13.8. The number of halogens is 2. The van der Waals surface area contributed by atoms with E-state index in [1.165, 1.54) is 6.07 Å². The minimum atomic E-state index is -0.540. The van der Waals surface area contributed by atoms with Crippen molar-refractivity contribution >= 4 is 11.6 Å². The van der Waals surface area contributed by atoms with Crippen LogP contribution < -0.4 is 5.73 Å². The van der Waals surface area contributed by atoms with Gasteiger partial charge in [-0.3, -0.25) is 0 Å². The Bertz CT molecular complexity index is 415. The van der Waals surface area contributed by atoms with Gasteiger partial charge < -0.3 is 10.8 Å². The van der Waals surface area contributed by atoms with Crippen molar-refractivity contribution in [2.24, 2.45) is 5.73 Å². The first-order valence-electron chi connectivity index (χ1n) is 6.12. The molecule has 4 heteroatoms. The molecule has 0 heterocycles. The fraction of sp³-hybridized carbons (Fsp3) is 0.571. The van der Waals surface area contributed by atoms with Gasteiger partial charge in [0, 0.05) is 6.54 Å². The first-order chi connectivity index (χ1) is 8.25. The monoisotopic (exact) mass is 273 g/mol. The topological polar surface area (TPSA) is 46.2 Å². The lowest BCUT2D eigenvalue weighted by atomic mass is 9.85. The van der Waals surface area contributed by atoms with Crippen LogP contribution in [0.3, 0.4) is 0 Å². The molecule has 2 nitrogen and oxygen atoms in total. The average molecular weight is 274 g/mol. The summed E-state index contributed by atoms with van der Waals surface area (Å²) in [5, 5.41) is 9.61. The summed E-state index contributed by atoms with van der Waals surface area (Å²) in [5.41, 5.74) is 6.77. The summed E-state index contributed by atoms with van der Waals surface area (Å²) in [6, 6.07) is 3.34. The Morgan fingerprint density at radius 3 is 2.50 bits per heavy atom. The molecule has 18 heavy (non-hydrogen) atoms. The fourth-order valence-electron chi connectivity index (χ4n) is 1.79. The van der Waals surface area contributed by atoms with Crippen molar-refractivity contribution in [3.63, 3.8) is 0 Å². The smallest absolute Gasteiger partial charge is 0.142 e. The van der Waals surface area contributed by atoms with Crippen molar-refractivity contribution in [3.05, 3.63) is 34.1 Å². The standard InChI is InChI=1S/C14H21ClFNO/c1-14(2,3)11-6-9(4-5-10(18)8-17)7-12(16)13(11)15/h6-7,10,18H,4-5,8,17H2,1-3H3/t10-/m1/s1. The molecular formula is C14H21ClFNO. The molecule has 0 aliphatic rings. The van der Waals surface area contributed by atoms with Gasteiger partial charge in [-0.05, 0) is 35.4 Å². The largest absolute Gasteiger partial charge is 0.392 e. The summed E-state index contributed by atoms with van der Waals surface area (Å²) in [6.07, 6.45) is 0.582. The van der Waals surface area contributed by atoms with Crippen molar-refractivity contribution < 1.29 is 9.50 Å². The summed E-state index contributed by atoms with van der Waals surface area (Å²) in [5.74, 6) is -0.402. The van der Waals surface area contributed by atoms with E-state index in [0.717, 1.165) is 11.1 Å². The quantitative estimate of drug-likeness (QED) is 0.886. The minimum absolute atomic E-state index is 0.186. The van der Waals surface area contributed by atoms with Crippen molar-refractivity contribution in [1.29, 1.82) is 0 Å². The van der Waals surface area contributed by atoms with Crippen LogP contribution in [0.2, 0.25) is 5.02 Å². The third-order valence-electron chi connectivity index (χ3n) is 2.93. The highest BCUT2D eigenvalue weighted by Gasteiger charge is 2.20. The molecule has 1 rings (SSSR count). The maximum atomic E-state index is 13.8. The van der Waals surface area contributed by atoms with E-state index in [2.05, 4.69) is 0 Å². The molecule has 0 aliphatic carbocycles. The predicted molar refractivity (Wildman–Crippen MR) is 73.5 cm³/mol. The first kappa shape index (κ1) is 15.4. The van der Waals surface area contributed by atoms with Gasteiger partial charge in [0.1, 0.15) is 5.82 Å². The summed E-state index contributed by atoms with van der Waals surface area (Å²) in [4.78, 5) is 0. The normalized spacial score (nSPS) is 13.7. The SMILES string of the molecule is CC(C)(C)c1cc(CC[C@@H](O)CN)cc(F)c1Cl. The van der Waals surface area contributed by atoms with E-state index in [-0.39, 0.29) is 17.0 Å². The Kier molecular flexibility index (Phi) is 5.14. The van der Waals surface area contributed by atoms with Crippen LogP contribution >= 0.6 is 11.6 Å². The van der Waals surface area contributed by atoms with Gasteiger partial charge in [-0.25, -0.2) is 4.39 Å². The van der Waals surface area contributed by atoms with Crippen LogP contribution in [0.4, 0.5) is 4.39 Å². The predicted octanol–water partition coefficient (Wildman–Crippen LogP) is 3.03. The van der Waals surface area contributed by atoms with E-state index < -0.39 is 11.9 Å². The summed E-state index contributed by atoms with van der Waals surface area (Å²) >= 11 is 6.00. The first-order valence-corrected chi connectivity index (χ1v) is 6.50. The molecule has 0 bridgehead atoms. The number of hydrogen-bond acceptors (Lipinski definition) is 2. The fourth-order valence-corrected chi connectivity index (χ4v) is 2.18. The van der Waals surface area contributed by atoms with Crippen LogP contribution in [0, 0.1) is 5.82 Å². The molecule has 0 amide bonds. The molecule has 0 fully saturated rings. The van der Waals surface area contributed by atoms with E-state index in [1.807, 2.05) is 26.8 Å².